The van der Waals surface area contributed by atoms with Gasteiger partial charge in [-0.2, -0.15) is 4.98 Å². The van der Waals surface area contributed by atoms with Gasteiger partial charge in [0.25, 0.3) is 0 Å². The van der Waals surface area contributed by atoms with Crippen LogP contribution in [0, 0.1) is 5.82 Å². The van der Waals surface area contributed by atoms with Crippen LogP contribution < -0.4 is 20.5 Å². The average molecular weight is 564 g/mol. The second-order valence-electron chi connectivity index (χ2n) is 9.27. The molecule has 11 nitrogen and oxygen atoms in total. The summed E-state index contributed by atoms with van der Waals surface area (Å²) < 4.78 is 65.3. The van der Waals surface area contributed by atoms with E-state index in [-0.39, 0.29) is 17.8 Å². The van der Waals surface area contributed by atoms with E-state index in [1.807, 2.05) is 7.05 Å². The molecule has 0 atom stereocenters. The van der Waals surface area contributed by atoms with Gasteiger partial charge in [-0.1, -0.05) is 12.2 Å². The molecule has 1 aliphatic heterocycles. The Morgan fingerprint density at radius 2 is 1.61 bits per heavy atom. The van der Waals surface area contributed by atoms with Crippen molar-refractivity contribution in [2.24, 2.45) is 5.14 Å². The van der Waals surface area contributed by atoms with Crippen LogP contribution in [-0.4, -0.2) is 57.9 Å². The smallest absolute Gasteiger partial charge is 0.234 e. The molecule has 0 amide bonds. The normalized spacial score (nSPS) is 21.4. The number of nitrogens with zero attached hydrogens (tertiary/aromatic N) is 3. The molecule has 4 rings (SSSR count). The third-order valence-electron chi connectivity index (χ3n) is 5.92. The molecule has 1 aromatic rings. The minimum absolute atomic E-state index is 0.0720. The quantitative estimate of drug-likeness (QED) is 0.372. The molecule has 3 aliphatic rings. The summed E-state index contributed by atoms with van der Waals surface area (Å²) >= 11 is 0. The van der Waals surface area contributed by atoms with Crippen LogP contribution in [0.1, 0.15) is 25.7 Å². The lowest BCUT2D eigenvalue weighted by atomic mass is 10.1. The number of anilines is 2. The summed E-state index contributed by atoms with van der Waals surface area (Å²) in [5, 5.41) is 13.0. The third kappa shape index (κ3) is 8.43. The maximum absolute atomic E-state index is 14.5. The van der Waals surface area contributed by atoms with Crippen LogP contribution in [0.4, 0.5) is 16.2 Å². The van der Waals surface area contributed by atoms with Gasteiger partial charge in [0.2, 0.25) is 26.0 Å². The molecule has 0 spiro atoms. The van der Waals surface area contributed by atoms with Gasteiger partial charge in [0, 0.05) is 28.3 Å². The van der Waals surface area contributed by atoms with Crippen molar-refractivity contribution in [3.63, 3.8) is 0 Å². The molecule has 204 valence electrons. The maximum Gasteiger partial charge on any atom is 0.234 e. The number of primary sulfonamides is 1. The fraction of sp³-hybridized carbons (Fsp3) is 0.333. The largest absolute Gasteiger partial charge is 0.338 e. The Hall–Kier alpha value is -3.17. The van der Waals surface area contributed by atoms with Gasteiger partial charge in [0.15, 0.2) is 11.6 Å². The second-order valence-corrected chi connectivity index (χ2v) is 12.2. The lowest BCUT2D eigenvalue weighted by Crippen LogP contribution is -2.42. The monoisotopic (exact) mass is 563 g/mol. The Balaban J connectivity index is 1.46. The molecule has 1 fully saturated rings. The first-order chi connectivity index (χ1) is 17.9. The van der Waals surface area contributed by atoms with E-state index in [0.717, 1.165) is 37.5 Å². The SMILES string of the molecule is CN1CCC(NS(=O)(=O)C=C2C=C(Nc3nc(NC4=CC(=CS(N)(=O)=O)CC=C4)ncc3F)C=CC2)CC1. The minimum atomic E-state index is -3.79. The van der Waals surface area contributed by atoms with E-state index in [4.69, 9.17) is 5.14 Å². The van der Waals surface area contributed by atoms with Crippen molar-refractivity contribution in [2.45, 2.75) is 31.7 Å². The third-order valence-corrected chi connectivity index (χ3v) is 7.82. The fourth-order valence-electron chi connectivity index (χ4n) is 4.16. The summed E-state index contributed by atoms with van der Waals surface area (Å²) in [7, 11) is -5.44. The van der Waals surface area contributed by atoms with E-state index in [0.29, 0.717) is 35.4 Å². The maximum atomic E-state index is 14.5. The highest BCUT2D eigenvalue weighted by molar-refractivity contribution is 7.92. The molecule has 5 N–H and O–H groups in total. The Morgan fingerprint density at radius 1 is 1.00 bits per heavy atom. The summed E-state index contributed by atoms with van der Waals surface area (Å²) in [6.07, 6.45) is 13.4. The molecule has 1 saturated heterocycles. The van der Waals surface area contributed by atoms with Gasteiger partial charge in [0.1, 0.15) is 0 Å². The summed E-state index contributed by atoms with van der Waals surface area (Å²) in [6.45, 7) is 1.67. The Morgan fingerprint density at radius 3 is 2.24 bits per heavy atom. The lowest BCUT2D eigenvalue weighted by Gasteiger charge is -2.28. The van der Waals surface area contributed by atoms with Gasteiger partial charge < -0.3 is 15.5 Å². The number of rotatable bonds is 8. The number of nitrogens with one attached hydrogen (secondary N) is 3. The first-order valence-corrected chi connectivity index (χ1v) is 15.1. The number of halogens is 1. The molecular formula is C24H30FN7O4S2. The van der Waals surface area contributed by atoms with Crippen LogP contribution in [0.15, 0.2) is 76.0 Å². The van der Waals surface area contributed by atoms with Crippen LogP contribution >= 0.6 is 0 Å². The molecule has 2 aliphatic carbocycles. The van der Waals surface area contributed by atoms with E-state index in [1.54, 1.807) is 36.5 Å². The molecule has 1 aromatic heterocycles. The van der Waals surface area contributed by atoms with Gasteiger partial charge in [0.05, 0.1) is 6.20 Å². The van der Waals surface area contributed by atoms with Gasteiger partial charge in [-0.05, 0) is 81.3 Å². The van der Waals surface area contributed by atoms with E-state index in [2.05, 4.69) is 30.2 Å². The van der Waals surface area contributed by atoms with Crippen molar-refractivity contribution in [3.05, 3.63) is 81.8 Å². The average Bonchev–Trinajstić information content (AvgIpc) is 2.82. The molecular weight excluding hydrogens is 533 g/mol. The van der Waals surface area contributed by atoms with Crippen LogP contribution in [0.5, 0.6) is 0 Å². The predicted octanol–water partition coefficient (Wildman–Crippen LogP) is 2.20. The zero-order chi connectivity index (χ0) is 27.3. The van der Waals surface area contributed by atoms with E-state index in [9.17, 15) is 21.2 Å². The number of piperidine rings is 1. The van der Waals surface area contributed by atoms with Crippen molar-refractivity contribution in [3.8, 4) is 0 Å². The zero-order valence-corrected chi connectivity index (χ0v) is 22.4. The number of aromatic nitrogens is 2. The Bertz CT molecular complexity index is 1470. The molecule has 0 aromatic carbocycles. The molecule has 14 heteroatoms. The zero-order valence-electron chi connectivity index (χ0n) is 20.8. The van der Waals surface area contributed by atoms with Gasteiger partial charge in [-0.25, -0.2) is 36.1 Å². The van der Waals surface area contributed by atoms with E-state index < -0.39 is 25.9 Å². The van der Waals surface area contributed by atoms with Crippen molar-refractivity contribution in [2.75, 3.05) is 30.8 Å². The number of hydrogen-bond donors (Lipinski definition) is 4. The summed E-state index contributed by atoms with van der Waals surface area (Å²) in [4.78, 5) is 10.3. The fourth-order valence-corrected chi connectivity index (χ4v) is 6.08. The van der Waals surface area contributed by atoms with Gasteiger partial charge >= 0.3 is 0 Å². The number of hydrogen-bond acceptors (Lipinski definition) is 9. The first-order valence-electron chi connectivity index (χ1n) is 11.9. The van der Waals surface area contributed by atoms with Crippen LogP contribution in [-0.2, 0) is 20.0 Å². The van der Waals surface area contributed by atoms with Crippen molar-refractivity contribution in [1.29, 1.82) is 0 Å². The second kappa shape index (κ2) is 11.7. The Kier molecular flexibility index (Phi) is 8.57. The molecule has 2 heterocycles. The lowest BCUT2D eigenvalue weighted by molar-refractivity contribution is 0.248. The highest BCUT2D eigenvalue weighted by Crippen LogP contribution is 2.23. The topological polar surface area (TPSA) is 159 Å². The number of likely N-dealkylation sites (tertiary alicyclic amines) is 1. The number of nitrogens with two attached hydrogens (primary N) is 1. The summed E-state index contributed by atoms with van der Waals surface area (Å²) in [6, 6.07) is -0.102. The highest BCUT2D eigenvalue weighted by atomic mass is 32.2. The number of allylic oxidation sites excluding steroid dienone is 8. The molecule has 0 bridgehead atoms. The van der Waals surface area contributed by atoms with Gasteiger partial charge in [-0.15, -0.1) is 0 Å². The van der Waals surface area contributed by atoms with E-state index >= 15 is 0 Å². The number of sulfonamides is 2. The molecule has 0 unspecified atom stereocenters. The van der Waals surface area contributed by atoms with Crippen LogP contribution in [0.25, 0.3) is 0 Å². The molecule has 0 radical (unpaired) electrons. The standard InChI is InChI=1S/C24H30FN7O4S2/c1-32-10-8-19(9-11-32)31-38(35,36)16-18-5-3-6-20(13-18)28-23-22(25)14-27-24(30-23)29-21-7-2-4-17(12-21)15-37(26,33)34/h2-3,6-7,12-16,19,31H,4-5,8-11H2,1H3,(H2,26,33,34)(H2,27,28,29,30). The molecule has 38 heavy (non-hydrogen) atoms. The van der Waals surface area contributed by atoms with Crippen molar-refractivity contribution in [1.82, 2.24) is 19.6 Å². The van der Waals surface area contributed by atoms with Crippen molar-refractivity contribution < 1.29 is 21.2 Å². The predicted molar refractivity (Wildman–Crippen MR) is 145 cm³/mol. The van der Waals surface area contributed by atoms with Gasteiger partial charge in [-0.3, -0.25) is 0 Å². The molecule has 0 saturated carbocycles. The van der Waals surface area contributed by atoms with Crippen LogP contribution in [0.2, 0.25) is 0 Å². The van der Waals surface area contributed by atoms with Crippen molar-refractivity contribution >= 4 is 31.8 Å². The van der Waals surface area contributed by atoms with Crippen LogP contribution in [0.3, 0.4) is 0 Å². The minimum Gasteiger partial charge on any atom is -0.338 e. The summed E-state index contributed by atoms with van der Waals surface area (Å²) in [5.74, 6) is -0.754. The van der Waals surface area contributed by atoms with E-state index in [1.165, 1.54) is 5.41 Å². The highest BCUT2D eigenvalue weighted by Gasteiger charge is 2.21. The summed E-state index contributed by atoms with van der Waals surface area (Å²) in [5.41, 5.74) is 1.95. The Labute approximate surface area is 221 Å². The first kappa shape index (κ1) is 27.9.